The highest BCUT2D eigenvalue weighted by Crippen LogP contribution is 2.31. The molecule has 0 aliphatic heterocycles. The molecule has 2 unspecified atom stereocenters. The predicted molar refractivity (Wildman–Crippen MR) is 75.4 cm³/mol. The maximum absolute atomic E-state index is 12.1. The van der Waals surface area contributed by atoms with Crippen LogP contribution in [0, 0.1) is 5.92 Å². The molecule has 0 aromatic heterocycles. The number of carbonyl (C=O) groups is 1. The van der Waals surface area contributed by atoms with E-state index < -0.39 is 5.38 Å². The van der Waals surface area contributed by atoms with Gasteiger partial charge in [-0.2, -0.15) is 0 Å². The van der Waals surface area contributed by atoms with E-state index in [1.807, 2.05) is 30.3 Å². The first-order chi connectivity index (χ1) is 9.15. The third-order valence-corrected chi connectivity index (χ3v) is 3.75. The lowest BCUT2D eigenvalue weighted by Gasteiger charge is -2.25. The van der Waals surface area contributed by atoms with Gasteiger partial charge in [-0.3, -0.25) is 4.79 Å². The second-order valence-electron chi connectivity index (χ2n) is 4.73. The molecule has 0 bridgehead atoms. The number of para-hydroxylation sites is 1. The average Bonchev–Trinajstić information content (AvgIpc) is 2.44. The number of ether oxygens (including phenoxy) is 1. The summed E-state index contributed by atoms with van der Waals surface area (Å²) in [4.78, 5) is 12.1. The molecule has 2 rings (SSSR count). The number of allylic oxidation sites excluding steroid dienone is 1. The second kappa shape index (κ2) is 6.22. The lowest BCUT2D eigenvalue weighted by Crippen LogP contribution is -2.29. The van der Waals surface area contributed by atoms with Crippen LogP contribution in [0.1, 0.15) is 18.4 Å². The average molecular weight is 281 g/mol. The van der Waals surface area contributed by atoms with Gasteiger partial charge in [-0.15, -0.1) is 11.6 Å². The molecule has 0 spiro atoms. The maximum atomic E-state index is 12.1. The van der Waals surface area contributed by atoms with Gasteiger partial charge >= 0.3 is 0 Å². The Hall–Kier alpha value is -1.32. The zero-order chi connectivity index (χ0) is 13.8. The van der Waals surface area contributed by atoms with E-state index in [0.29, 0.717) is 18.4 Å². The number of aliphatic hydroxyl groups is 1. The number of halogens is 1. The maximum Gasteiger partial charge on any atom is 0.176 e. The van der Waals surface area contributed by atoms with Crippen molar-refractivity contribution < 1.29 is 14.6 Å². The van der Waals surface area contributed by atoms with E-state index in [2.05, 4.69) is 0 Å². The zero-order valence-corrected chi connectivity index (χ0v) is 11.6. The summed E-state index contributed by atoms with van der Waals surface area (Å²) in [7, 11) is 1.60. The van der Waals surface area contributed by atoms with Crippen LogP contribution in [0.3, 0.4) is 0 Å². The fourth-order valence-corrected chi connectivity index (χ4v) is 2.73. The van der Waals surface area contributed by atoms with Crippen LogP contribution in [-0.2, 0) is 4.79 Å². The minimum Gasteiger partial charge on any atom is -0.496 e. The normalized spacial score (nSPS) is 25.6. The van der Waals surface area contributed by atoms with E-state index in [1.165, 1.54) is 0 Å². The summed E-state index contributed by atoms with van der Waals surface area (Å²) in [5.74, 6) is 0.735. The number of rotatable bonds is 3. The van der Waals surface area contributed by atoms with Crippen molar-refractivity contribution in [1.29, 1.82) is 0 Å². The number of methoxy groups -OCH3 is 1. The van der Waals surface area contributed by atoms with Crippen molar-refractivity contribution in [3.63, 3.8) is 0 Å². The number of hydrogen-bond acceptors (Lipinski definition) is 3. The van der Waals surface area contributed by atoms with Gasteiger partial charge in [0.1, 0.15) is 5.75 Å². The minimum absolute atomic E-state index is 0.0442. The van der Waals surface area contributed by atoms with Gasteiger partial charge < -0.3 is 9.84 Å². The van der Waals surface area contributed by atoms with Crippen LogP contribution >= 0.6 is 11.6 Å². The number of Topliss-reactive ketones (excluding diaryl/α,β-unsaturated/α-hetero) is 1. The molecule has 1 N–H and O–H groups in total. The lowest BCUT2D eigenvalue weighted by molar-refractivity contribution is -0.116. The highest BCUT2D eigenvalue weighted by atomic mass is 35.5. The number of carbonyl (C=O) groups excluding carboxylic acids is 1. The Labute approximate surface area is 117 Å². The van der Waals surface area contributed by atoms with Crippen LogP contribution in [0.25, 0.3) is 6.08 Å². The summed E-state index contributed by atoms with van der Waals surface area (Å²) in [5.41, 5.74) is 1.52. The van der Waals surface area contributed by atoms with Crippen molar-refractivity contribution in [1.82, 2.24) is 0 Å². The first-order valence-electron chi connectivity index (χ1n) is 6.28. The molecule has 4 heteroatoms. The summed E-state index contributed by atoms with van der Waals surface area (Å²) >= 11 is 6.04. The molecule has 3 nitrogen and oxygen atoms in total. The number of alkyl halides is 1. The third-order valence-electron chi connectivity index (χ3n) is 3.38. The molecule has 0 amide bonds. The summed E-state index contributed by atoms with van der Waals surface area (Å²) in [6.07, 6.45) is 2.93. The van der Waals surface area contributed by atoms with Crippen molar-refractivity contribution in [2.75, 3.05) is 13.7 Å². The van der Waals surface area contributed by atoms with Gasteiger partial charge in [0.25, 0.3) is 0 Å². The van der Waals surface area contributed by atoms with Crippen LogP contribution in [0.4, 0.5) is 0 Å². The smallest absolute Gasteiger partial charge is 0.176 e. The highest BCUT2D eigenvalue weighted by Gasteiger charge is 2.30. The minimum atomic E-state index is -0.535. The third kappa shape index (κ3) is 3.17. The fourth-order valence-electron chi connectivity index (χ4n) is 2.34. The molecule has 2 atom stereocenters. The first kappa shape index (κ1) is 14.1. The van der Waals surface area contributed by atoms with Gasteiger partial charge in [-0.05, 0) is 36.5 Å². The zero-order valence-electron chi connectivity index (χ0n) is 10.8. The van der Waals surface area contributed by atoms with Crippen LogP contribution < -0.4 is 4.74 Å². The number of hydrogen-bond donors (Lipinski definition) is 1. The van der Waals surface area contributed by atoms with Gasteiger partial charge in [-0.1, -0.05) is 18.2 Å². The molecule has 19 heavy (non-hydrogen) atoms. The molecule has 1 aromatic rings. The first-order valence-corrected chi connectivity index (χ1v) is 6.72. The Balaban J connectivity index is 2.32. The highest BCUT2D eigenvalue weighted by molar-refractivity contribution is 6.34. The van der Waals surface area contributed by atoms with Gasteiger partial charge in [0.2, 0.25) is 0 Å². The van der Waals surface area contributed by atoms with Crippen molar-refractivity contribution in [2.24, 2.45) is 5.92 Å². The van der Waals surface area contributed by atoms with E-state index in [1.54, 1.807) is 7.11 Å². The summed E-state index contributed by atoms with van der Waals surface area (Å²) in [6.45, 7) is 0.0553. The Morgan fingerprint density at radius 3 is 2.89 bits per heavy atom. The van der Waals surface area contributed by atoms with E-state index >= 15 is 0 Å². The topological polar surface area (TPSA) is 46.5 Å². The van der Waals surface area contributed by atoms with Gasteiger partial charge in [0.05, 0.1) is 12.5 Å². The van der Waals surface area contributed by atoms with Crippen LogP contribution in [0.5, 0.6) is 5.75 Å². The largest absolute Gasteiger partial charge is 0.496 e. The number of aliphatic hydroxyl groups excluding tert-OH is 1. The van der Waals surface area contributed by atoms with Gasteiger partial charge in [-0.25, -0.2) is 0 Å². The van der Waals surface area contributed by atoms with E-state index in [4.69, 9.17) is 16.3 Å². The number of benzene rings is 1. The van der Waals surface area contributed by atoms with E-state index in [-0.39, 0.29) is 18.3 Å². The molecule has 0 heterocycles. The van der Waals surface area contributed by atoms with Gasteiger partial charge in [0, 0.05) is 12.2 Å². The monoisotopic (exact) mass is 280 g/mol. The molecule has 1 aromatic carbocycles. The van der Waals surface area contributed by atoms with Crippen molar-refractivity contribution in [3.8, 4) is 5.75 Å². The molecular weight excluding hydrogens is 264 g/mol. The Morgan fingerprint density at radius 2 is 2.21 bits per heavy atom. The Kier molecular flexibility index (Phi) is 4.61. The van der Waals surface area contributed by atoms with E-state index in [0.717, 1.165) is 11.3 Å². The van der Waals surface area contributed by atoms with Crippen LogP contribution in [0.15, 0.2) is 29.8 Å². The fraction of sp³-hybridized carbons (Fsp3) is 0.400. The summed E-state index contributed by atoms with van der Waals surface area (Å²) < 4.78 is 5.26. The predicted octanol–water partition coefficient (Wildman–Crippen LogP) is 2.66. The van der Waals surface area contributed by atoms with Crippen LogP contribution in [-0.4, -0.2) is 30.0 Å². The summed E-state index contributed by atoms with van der Waals surface area (Å²) in [6, 6.07) is 7.51. The molecule has 1 aliphatic carbocycles. The Morgan fingerprint density at radius 1 is 1.47 bits per heavy atom. The van der Waals surface area contributed by atoms with Crippen LogP contribution in [0.2, 0.25) is 0 Å². The molecular formula is C15H17ClO3. The molecule has 1 aliphatic rings. The van der Waals surface area contributed by atoms with Crippen molar-refractivity contribution in [2.45, 2.75) is 18.2 Å². The SMILES string of the molecule is COc1ccccc1C=C1CC(CO)CC(Cl)C1=O. The van der Waals surface area contributed by atoms with Crippen molar-refractivity contribution >= 4 is 23.5 Å². The van der Waals surface area contributed by atoms with Crippen molar-refractivity contribution in [3.05, 3.63) is 35.4 Å². The standard InChI is InChI=1S/C15H17ClO3/c1-19-14-5-3-2-4-11(14)8-12-6-10(9-17)7-13(16)15(12)18/h2-5,8,10,13,17H,6-7,9H2,1H3. The second-order valence-corrected chi connectivity index (χ2v) is 5.26. The Bertz CT molecular complexity index is 496. The molecule has 102 valence electrons. The van der Waals surface area contributed by atoms with E-state index in [9.17, 15) is 9.90 Å². The molecule has 1 saturated carbocycles. The quantitative estimate of drug-likeness (QED) is 0.684. The lowest BCUT2D eigenvalue weighted by atomic mass is 9.84. The molecule has 0 radical (unpaired) electrons. The molecule has 0 saturated heterocycles. The summed E-state index contributed by atoms with van der Waals surface area (Å²) in [5, 5.41) is 8.72. The number of ketones is 1. The van der Waals surface area contributed by atoms with Gasteiger partial charge in [0.15, 0.2) is 5.78 Å². The molecule has 1 fully saturated rings.